The number of carbonyl (C=O) groups excluding carboxylic acids is 2. The Morgan fingerprint density at radius 1 is 1.21 bits per heavy atom. The van der Waals surface area contributed by atoms with Gasteiger partial charge in [0, 0.05) is 47.8 Å². The predicted molar refractivity (Wildman–Crippen MR) is 168 cm³/mol. The highest BCUT2D eigenvalue weighted by molar-refractivity contribution is 7.14. The molecule has 0 aromatic carbocycles. The third kappa shape index (κ3) is 8.26. The van der Waals surface area contributed by atoms with Gasteiger partial charge >= 0.3 is 5.97 Å². The van der Waals surface area contributed by atoms with Crippen molar-refractivity contribution in [3.8, 4) is 0 Å². The van der Waals surface area contributed by atoms with Gasteiger partial charge in [-0.25, -0.2) is 14.8 Å². The molecule has 4 heterocycles. The van der Waals surface area contributed by atoms with Crippen LogP contribution in [-0.2, 0) is 15.0 Å². The maximum atomic E-state index is 13.6. The van der Waals surface area contributed by atoms with Crippen molar-refractivity contribution in [3.05, 3.63) is 57.0 Å². The monoisotopic (exact) mass is 610 g/mol. The van der Waals surface area contributed by atoms with Crippen LogP contribution in [0.15, 0.2) is 34.6 Å². The Balaban J connectivity index is 1.64. The van der Waals surface area contributed by atoms with Crippen LogP contribution in [0.5, 0.6) is 0 Å². The number of aromatic nitrogens is 3. The lowest BCUT2D eigenvalue weighted by molar-refractivity contribution is -0.869. The number of nitrogens with one attached hydrogen (secondary N) is 2. The van der Waals surface area contributed by atoms with Gasteiger partial charge in [0.25, 0.3) is 11.5 Å². The number of pyridine rings is 1. The molecule has 1 atom stereocenters. The van der Waals surface area contributed by atoms with E-state index in [0.29, 0.717) is 47.1 Å². The van der Waals surface area contributed by atoms with Crippen LogP contribution in [0.25, 0.3) is 11.7 Å². The van der Waals surface area contributed by atoms with Gasteiger partial charge in [-0.3, -0.25) is 24.1 Å². The van der Waals surface area contributed by atoms with E-state index in [1.165, 1.54) is 40.1 Å². The molecule has 1 aliphatic heterocycles. The summed E-state index contributed by atoms with van der Waals surface area (Å²) in [6.07, 6.45) is 5.53. The second kappa shape index (κ2) is 12.6. The van der Waals surface area contributed by atoms with Crippen LogP contribution in [0.1, 0.15) is 61.6 Å². The molecule has 0 radical (unpaired) electrons. The Hall–Kier alpha value is -4.10. The lowest BCUT2D eigenvalue weighted by Crippen LogP contribution is -2.49. The Bertz CT molecular complexity index is 1610. The van der Waals surface area contributed by atoms with E-state index < -0.39 is 17.4 Å². The van der Waals surface area contributed by atoms with Crippen molar-refractivity contribution in [2.45, 2.75) is 51.5 Å². The molecule has 0 saturated carbocycles. The standard InChI is InChI=1S/C30H39N7O5S/c1-30(2,3)22-18-43-29(32-22)34-27(41)19-11-14-36-23(16-19)33-26(21(28(36)42)9-10-25(39)40)35-13-7-8-20(17-35)31-24(38)12-15-37(4,5)6/h9-11,14,16,18,20H,7-8,12-13,15,17H2,1-6H3,(H2-,31,32,34,38,39,40,41)/p+1/b10-9+. The molecule has 2 amide bonds. The normalized spacial score (nSPS) is 16.0. The summed E-state index contributed by atoms with van der Waals surface area (Å²) in [6, 6.07) is 2.88. The molecule has 4 rings (SSSR count). The largest absolute Gasteiger partial charge is 0.478 e. The van der Waals surface area contributed by atoms with E-state index in [9.17, 15) is 24.3 Å². The van der Waals surface area contributed by atoms with Crippen LogP contribution in [-0.4, -0.2) is 88.6 Å². The number of carboxylic acid groups (broad SMARTS) is 1. The van der Waals surface area contributed by atoms with Gasteiger partial charge in [0.05, 0.1) is 45.4 Å². The topological polar surface area (TPSA) is 146 Å². The van der Waals surface area contributed by atoms with Crippen LogP contribution < -0.4 is 21.1 Å². The van der Waals surface area contributed by atoms with Crippen molar-refractivity contribution < 1.29 is 24.0 Å². The number of thiazole rings is 1. The molecule has 13 heteroatoms. The maximum Gasteiger partial charge on any atom is 0.328 e. The Labute approximate surface area is 254 Å². The SMILES string of the molecule is CC(C)(C)c1csc(NC(=O)c2ccn3c(=O)c(/C=C/C(=O)O)c(N4CCCC(NC(=O)CC[N+](C)(C)C)C4)nc3c2)n1. The molecule has 43 heavy (non-hydrogen) atoms. The average Bonchev–Trinajstić information content (AvgIpc) is 3.40. The molecule has 1 saturated heterocycles. The molecule has 12 nitrogen and oxygen atoms in total. The minimum absolute atomic E-state index is 0.0389. The van der Waals surface area contributed by atoms with Crippen LogP contribution in [0.4, 0.5) is 10.9 Å². The number of carbonyl (C=O) groups is 3. The van der Waals surface area contributed by atoms with E-state index in [-0.39, 0.29) is 28.6 Å². The third-order valence-electron chi connectivity index (χ3n) is 7.09. The number of hydrogen-bond donors (Lipinski definition) is 3. The van der Waals surface area contributed by atoms with Gasteiger partial charge in [0.15, 0.2) is 5.13 Å². The van der Waals surface area contributed by atoms with Crippen LogP contribution in [0.3, 0.4) is 0 Å². The van der Waals surface area contributed by atoms with E-state index in [1.54, 1.807) is 0 Å². The molecule has 230 valence electrons. The first-order valence-corrected chi connectivity index (χ1v) is 15.1. The van der Waals surface area contributed by atoms with Crippen molar-refractivity contribution in [1.29, 1.82) is 0 Å². The summed E-state index contributed by atoms with van der Waals surface area (Å²) >= 11 is 1.34. The lowest BCUT2D eigenvalue weighted by atomic mass is 9.93. The van der Waals surface area contributed by atoms with Crippen LogP contribution >= 0.6 is 11.3 Å². The number of anilines is 2. The summed E-state index contributed by atoms with van der Waals surface area (Å²) in [5.41, 5.74) is 0.901. The first kappa shape index (κ1) is 31.8. The predicted octanol–water partition coefficient (Wildman–Crippen LogP) is 2.98. The van der Waals surface area contributed by atoms with E-state index in [2.05, 4.69) is 15.6 Å². The number of fused-ring (bicyclic) bond motifs is 1. The van der Waals surface area contributed by atoms with E-state index >= 15 is 0 Å². The molecular formula is C30H40N7O5S+. The lowest BCUT2D eigenvalue weighted by Gasteiger charge is -2.35. The zero-order valence-corrected chi connectivity index (χ0v) is 26.3. The fraction of sp³-hybridized carbons (Fsp3) is 0.467. The Morgan fingerprint density at radius 3 is 2.60 bits per heavy atom. The summed E-state index contributed by atoms with van der Waals surface area (Å²) < 4.78 is 1.97. The van der Waals surface area contributed by atoms with Gasteiger partial charge in [-0.05, 0) is 31.1 Å². The highest BCUT2D eigenvalue weighted by Crippen LogP contribution is 2.27. The minimum atomic E-state index is -1.19. The molecule has 1 fully saturated rings. The molecular weight excluding hydrogens is 570 g/mol. The minimum Gasteiger partial charge on any atom is -0.478 e. The maximum absolute atomic E-state index is 13.6. The second-order valence-electron chi connectivity index (χ2n) is 12.8. The molecule has 3 N–H and O–H groups in total. The van der Waals surface area contributed by atoms with Crippen LogP contribution in [0.2, 0.25) is 0 Å². The quantitative estimate of drug-likeness (QED) is 0.248. The first-order valence-electron chi connectivity index (χ1n) is 14.2. The molecule has 0 aliphatic carbocycles. The zero-order chi connectivity index (χ0) is 31.5. The molecule has 1 aliphatic rings. The first-order chi connectivity index (χ1) is 20.1. The summed E-state index contributed by atoms with van der Waals surface area (Å²) in [5.74, 6) is -1.32. The molecule has 1 unspecified atom stereocenters. The summed E-state index contributed by atoms with van der Waals surface area (Å²) in [6.45, 7) is 7.81. The number of aliphatic carboxylic acids is 1. The van der Waals surface area contributed by atoms with Gasteiger partial charge in [0.2, 0.25) is 5.91 Å². The number of piperidine rings is 1. The summed E-state index contributed by atoms with van der Waals surface area (Å²) in [5, 5.41) is 17.6. The average molecular weight is 611 g/mol. The van der Waals surface area contributed by atoms with E-state index in [1.807, 2.05) is 52.2 Å². The van der Waals surface area contributed by atoms with Gasteiger partial charge < -0.3 is 19.8 Å². The number of quaternary nitrogens is 1. The van der Waals surface area contributed by atoms with E-state index in [0.717, 1.165) is 24.6 Å². The van der Waals surface area contributed by atoms with Gasteiger partial charge in [-0.15, -0.1) is 11.3 Å². The fourth-order valence-corrected chi connectivity index (χ4v) is 5.62. The van der Waals surface area contributed by atoms with Crippen molar-refractivity contribution in [2.24, 2.45) is 0 Å². The van der Waals surface area contributed by atoms with Crippen molar-refractivity contribution in [2.75, 3.05) is 51.0 Å². The van der Waals surface area contributed by atoms with Crippen molar-refractivity contribution in [1.82, 2.24) is 19.7 Å². The molecule has 3 aromatic heterocycles. The zero-order valence-electron chi connectivity index (χ0n) is 25.5. The van der Waals surface area contributed by atoms with Gasteiger partial charge in [0.1, 0.15) is 11.5 Å². The molecule has 3 aromatic rings. The second-order valence-corrected chi connectivity index (χ2v) is 13.7. The highest BCUT2D eigenvalue weighted by Gasteiger charge is 2.26. The Morgan fingerprint density at radius 2 is 1.95 bits per heavy atom. The summed E-state index contributed by atoms with van der Waals surface area (Å²) in [7, 11) is 6.09. The number of nitrogens with zero attached hydrogens (tertiary/aromatic N) is 5. The van der Waals surface area contributed by atoms with Gasteiger partial charge in [-0.1, -0.05) is 20.8 Å². The van der Waals surface area contributed by atoms with Gasteiger partial charge in [-0.2, -0.15) is 0 Å². The number of hydrogen-bond acceptors (Lipinski definition) is 8. The highest BCUT2D eigenvalue weighted by atomic mass is 32.1. The third-order valence-corrected chi connectivity index (χ3v) is 7.85. The van der Waals surface area contributed by atoms with E-state index in [4.69, 9.17) is 4.98 Å². The molecule has 0 bridgehead atoms. The number of amides is 2. The van der Waals surface area contributed by atoms with Crippen molar-refractivity contribution in [3.63, 3.8) is 0 Å². The summed E-state index contributed by atoms with van der Waals surface area (Å²) in [4.78, 5) is 61.8. The smallest absolute Gasteiger partial charge is 0.328 e. The van der Waals surface area contributed by atoms with Crippen LogP contribution in [0, 0.1) is 0 Å². The molecule has 0 spiro atoms. The fourth-order valence-electron chi connectivity index (χ4n) is 4.69. The number of rotatable bonds is 9. The Kier molecular flexibility index (Phi) is 9.35. The van der Waals surface area contributed by atoms with Crippen molar-refractivity contribution >= 4 is 51.8 Å². The number of carboxylic acids is 1.